The number of carbonyl (C=O) groups is 2. The Balaban J connectivity index is 1.42. The Morgan fingerprint density at radius 3 is 2.37 bits per heavy atom. The van der Waals surface area contributed by atoms with E-state index < -0.39 is 0 Å². The van der Waals surface area contributed by atoms with Crippen LogP contribution in [0.3, 0.4) is 0 Å². The van der Waals surface area contributed by atoms with Crippen molar-refractivity contribution in [3.05, 3.63) is 77.6 Å². The SMILES string of the molecule is Cc1cccc2c1N(C(=O)COc1ccccc1)CCCN(C(C)C)CCN(C(=O)c1cnc(N3CCOCC3)nc1)C2. The summed E-state index contributed by atoms with van der Waals surface area (Å²) in [5.41, 5.74) is 3.20. The zero-order chi connectivity index (χ0) is 30.2. The maximum Gasteiger partial charge on any atom is 0.264 e. The van der Waals surface area contributed by atoms with E-state index in [1.54, 1.807) is 12.4 Å². The molecule has 0 unspecified atom stereocenters. The van der Waals surface area contributed by atoms with Gasteiger partial charge in [-0.3, -0.25) is 14.5 Å². The number of aromatic nitrogens is 2. The fourth-order valence-corrected chi connectivity index (χ4v) is 5.64. The van der Waals surface area contributed by atoms with Crippen LogP contribution in [0.5, 0.6) is 5.75 Å². The normalized spacial score (nSPS) is 16.9. The minimum Gasteiger partial charge on any atom is -0.484 e. The molecule has 10 heteroatoms. The van der Waals surface area contributed by atoms with E-state index >= 15 is 0 Å². The Morgan fingerprint density at radius 1 is 0.907 bits per heavy atom. The van der Waals surface area contributed by atoms with Gasteiger partial charge in [0.25, 0.3) is 11.8 Å². The summed E-state index contributed by atoms with van der Waals surface area (Å²) in [6.45, 7) is 12.0. The van der Waals surface area contributed by atoms with Crippen molar-refractivity contribution < 1.29 is 19.1 Å². The maximum absolute atomic E-state index is 14.0. The van der Waals surface area contributed by atoms with Crippen LogP contribution in [0.15, 0.2) is 60.9 Å². The second-order valence-electron chi connectivity index (χ2n) is 11.3. The molecule has 1 saturated heterocycles. The van der Waals surface area contributed by atoms with E-state index in [0.717, 1.165) is 49.4 Å². The predicted molar refractivity (Wildman–Crippen MR) is 167 cm³/mol. The average Bonchev–Trinajstić information content (AvgIpc) is 3.07. The smallest absolute Gasteiger partial charge is 0.264 e. The number of anilines is 2. The molecular weight excluding hydrogens is 544 g/mol. The molecule has 0 aliphatic carbocycles. The number of nitrogens with zero attached hydrogens (tertiary/aromatic N) is 6. The Bertz CT molecular complexity index is 1360. The molecule has 5 rings (SSSR count). The highest BCUT2D eigenvalue weighted by Gasteiger charge is 2.27. The number of aryl methyl sites for hydroxylation is 1. The number of carbonyl (C=O) groups excluding carboxylic acids is 2. The van der Waals surface area contributed by atoms with Crippen molar-refractivity contribution in [2.45, 2.75) is 39.8 Å². The quantitative estimate of drug-likeness (QED) is 0.431. The van der Waals surface area contributed by atoms with Crippen LogP contribution >= 0.6 is 0 Å². The summed E-state index contributed by atoms with van der Waals surface area (Å²) in [5.74, 6) is 1.02. The standard InChI is InChI=1S/C33H42N6O4/c1-25(2)36-13-8-14-39(30(40)24-43-29-11-5-4-6-12-29)31-26(3)9-7-10-27(31)23-38(16-15-36)32(41)28-21-34-33(35-22-28)37-17-19-42-20-18-37/h4-7,9-12,21-22,25H,8,13-20,23-24H2,1-3H3. The molecule has 228 valence electrons. The summed E-state index contributed by atoms with van der Waals surface area (Å²) in [6, 6.07) is 15.7. The topological polar surface area (TPSA) is 91.3 Å². The molecule has 0 bridgehead atoms. The molecule has 2 aromatic carbocycles. The first-order chi connectivity index (χ1) is 20.9. The predicted octanol–water partition coefficient (Wildman–Crippen LogP) is 3.79. The minimum atomic E-state index is -0.130. The van der Waals surface area contributed by atoms with E-state index in [1.807, 2.05) is 65.3 Å². The molecular formula is C33H42N6O4. The highest BCUT2D eigenvalue weighted by molar-refractivity contribution is 5.97. The number of benzene rings is 2. The van der Waals surface area contributed by atoms with Gasteiger partial charge in [-0.15, -0.1) is 0 Å². The van der Waals surface area contributed by atoms with Crippen LogP contribution in [0.25, 0.3) is 0 Å². The number of ether oxygens (including phenoxy) is 2. The molecule has 1 aromatic heterocycles. The van der Waals surface area contributed by atoms with Gasteiger partial charge >= 0.3 is 0 Å². The molecule has 0 spiro atoms. The summed E-state index contributed by atoms with van der Waals surface area (Å²) >= 11 is 0. The van der Waals surface area contributed by atoms with Gasteiger partial charge in [0.1, 0.15) is 5.75 Å². The molecule has 2 aliphatic heterocycles. The Kier molecular flexibility index (Phi) is 10.2. The lowest BCUT2D eigenvalue weighted by Crippen LogP contribution is -2.41. The molecule has 2 aliphatic rings. The molecule has 0 radical (unpaired) electrons. The molecule has 0 saturated carbocycles. The summed E-state index contributed by atoms with van der Waals surface area (Å²) in [5, 5.41) is 0. The zero-order valence-electron chi connectivity index (χ0n) is 25.4. The first-order valence-electron chi connectivity index (χ1n) is 15.2. The minimum absolute atomic E-state index is 0.0683. The van der Waals surface area contributed by atoms with Crippen LogP contribution in [0.2, 0.25) is 0 Å². The van der Waals surface area contributed by atoms with E-state index in [-0.39, 0.29) is 18.4 Å². The second kappa shape index (κ2) is 14.4. The van der Waals surface area contributed by atoms with E-state index in [2.05, 4.69) is 33.6 Å². The molecule has 1 fully saturated rings. The van der Waals surface area contributed by atoms with Crippen LogP contribution in [-0.2, 0) is 16.1 Å². The molecule has 0 N–H and O–H groups in total. The monoisotopic (exact) mass is 586 g/mol. The fraction of sp³-hybridized carbons (Fsp3) is 0.455. The number of para-hydroxylation sites is 2. The van der Waals surface area contributed by atoms with Gasteiger partial charge in [-0.25, -0.2) is 9.97 Å². The summed E-state index contributed by atoms with van der Waals surface area (Å²) in [4.78, 5) is 44.9. The average molecular weight is 587 g/mol. The van der Waals surface area contributed by atoms with Gasteiger partial charge in [0.2, 0.25) is 5.95 Å². The van der Waals surface area contributed by atoms with Gasteiger partial charge in [-0.2, -0.15) is 0 Å². The van der Waals surface area contributed by atoms with Crippen molar-refractivity contribution in [3.8, 4) is 5.75 Å². The molecule has 2 amide bonds. The number of hydrogen-bond acceptors (Lipinski definition) is 8. The molecule has 3 aromatic rings. The Labute approximate surface area is 254 Å². The largest absolute Gasteiger partial charge is 0.484 e. The number of amides is 2. The highest BCUT2D eigenvalue weighted by atomic mass is 16.5. The third kappa shape index (κ3) is 7.69. The second-order valence-corrected chi connectivity index (χ2v) is 11.3. The maximum atomic E-state index is 14.0. The first-order valence-corrected chi connectivity index (χ1v) is 15.2. The van der Waals surface area contributed by atoms with E-state index in [1.165, 1.54) is 0 Å². The molecule has 3 heterocycles. The van der Waals surface area contributed by atoms with Crippen LogP contribution in [-0.4, -0.2) is 96.7 Å². The van der Waals surface area contributed by atoms with Crippen LogP contribution < -0.4 is 14.5 Å². The van der Waals surface area contributed by atoms with Crippen molar-refractivity contribution in [2.75, 3.05) is 68.9 Å². The van der Waals surface area contributed by atoms with Gasteiger partial charge in [-0.05, 0) is 50.5 Å². The van der Waals surface area contributed by atoms with Crippen molar-refractivity contribution in [3.63, 3.8) is 0 Å². The molecule has 10 nitrogen and oxygen atoms in total. The number of fused-ring (bicyclic) bond motifs is 1. The van der Waals surface area contributed by atoms with Crippen LogP contribution in [0, 0.1) is 6.92 Å². The van der Waals surface area contributed by atoms with Crippen molar-refractivity contribution in [2.24, 2.45) is 0 Å². The lowest BCUT2D eigenvalue weighted by molar-refractivity contribution is -0.120. The lowest BCUT2D eigenvalue weighted by atomic mass is 10.0. The molecule has 0 atom stereocenters. The van der Waals surface area contributed by atoms with Gasteiger partial charge in [0.05, 0.1) is 24.5 Å². The van der Waals surface area contributed by atoms with Crippen molar-refractivity contribution in [1.82, 2.24) is 19.8 Å². The summed E-state index contributed by atoms with van der Waals surface area (Å²) in [6.07, 6.45) is 4.05. The summed E-state index contributed by atoms with van der Waals surface area (Å²) < 4.78 is 11.3. The number of morpholine rings is 1. The molecule has 43 heavy (non-hydrogen) atoms. The van der Waals surface area contributed by atoms with Crippen molar-refractivity contribution in [1.29, 1.82) is 0 Å². The van der Waals surface area contributed by atoms with Crippen molar-refractivity contribution >= 4 is 23.5 Å². The van der Waals surface area contributed by atoms with Gasteiger partial charge in [0, 0.05) is 64.2 Å². The van der Waals surface area contributed by atoms with E-state index in [0.29, 0.717) is 56.2 Å². The Hall–Kier alpha value is -4.02. The van der Waals surface area contributed by atoms with E-state index in [4.69, 9.17) is 9.47 Å². The first kappa shape index (κ1) is 30.4. The van der Waals surface area contributed by atoms with Gasteiger partial charge < -0.3 is 24.2 Å². The van der Waals surface area contributed by atoms with Crippen LogP contribution in [0.1, 0.15) is 41.8 Å². The number of rotatable bonds is 6. The third-order valence-corrected chi connectivity index (χ3v) is 8.04. The highest BCUT2D eigenvalue weighted by Crippen LogP contribution is 2.29. The summed E-state index contributed by atoms with van der Waals surface area (Å²) in [7, 11) is 0. The number of hydrogen-bond donors (Lipinski definition) is 0. The lowest BCUT2D eigenvalue weighted by Gasteiger charge is -2.30. The fourth-order valence-electron chi connectivity index (χ4n) is 5.64. The van der Waals surface area contributed by atoms with Gasteiger partial charge in [0.15, 0.2) is 6.61 Å². The van der Waals surface area contributed by atoms with Gasteiger partial charge in [-0.1, -0.05) is 36.4 Å². The third-order valence-electron chi connectivity index (χ3n) is 8.04. The Morgan fingerprint density at radius 2 is 1.65 bits per heavy atom. The zero-order valence-corrected chi connectivity index (χ0v) is 25.4. The van der Waals surface area contributed by atoms with E-state index in [9.17, 15) is 9.59 Å². The van der Waals surface area contributed by atoms with Crippen LogP contribution in [0.4, 0.5) is 11.6 Å².